The lowest BCUT2D eigenvalue weighted by atomic mass is 9.97. The number of aliphatic hydroxyl groups excluding tert-OH is 1. The van der Waals surface area contributed by atoms with Crippen molar-refractivity contribution in [2.45, 2.75) is 19.6 Å². The molecule has 0 spiro atoms. The van der Waals surface area contributed by atoms with Crippen LogP contribution in [0.1, 0.15) is 18.6 Å². The minimum Gasteiger partial charge on any atom is -0.469 e. The third-order valence-corrected chi connectivity index (χ3v) is 2.50. The SMILES string of the molecule is COC(=O)C(C)C(O)c1ccccc1OC(F)F. The monoisotopic (exact) mass is 260 g/mol. The predicted molar refractivity (Wildman–Crippen MR) is 59.2 cm³/mol. The average Bonchev–Trinajstić information content (AvgIpc) is 2.36. The van der Waals surface area contributed by atoms with Gasteiger partial charge in [0.1, 0.15) is 5.75 Å². The van der Waals surface area contributed by atoms with E-state index in [0.29, 0.717) is 0 Å². The first-order valence-electron chi connectivity index (χ1n) is 5.27. The van der Waals surface area contributed by atoms with E-state index in [2.05, 4.69) is 9.47 Å². The Kier molecular flexibility index (Phi) is 5.03. The molecule has 0 aliphatic carbocycles. The van der Waals surface area contributed by atoms with E-state index < -0.39 is 24.6 Å². The van der Waals surface area contributed by atoms with Gasteiger partial charge in [-0.25, -0.2) is 0 Å². The Hall–Kier alpha value is -1.69. The molecule has 0 amide bonds. The number of hydrogen-bond donors (Lipinski definition) is 1. The lowest BCUT2D eigenvalue weighted by Gasteiger charge is -2.19. The van der Waals surface area contributed by atoms with Crippen molar-refractivity contribution < 1.29 is 28.2 Å². The van der Waals surface area contributed by atoms with Crippen LogP contribution in [0.4, 0.5) is 8.78 Å². The van der Waals surface area contributed by atoms with Crippen molar-refractivity contribution in [3.8, 4) is 5.75 Å². The largest absolute Gasteiger partial charge is 0.469 e. The molecule has 1 N–H and O–H groups in total. The summed E-state index contributed by atoms with van der Waals surface area (Å²) in [7, 11) is 1.19. The van der Waals surface area contributed by atoms with Gasteiger partial charge in [0.05, 0.1) is 19.1 Å². The highest BCUT2D eigenvalue weighted by Crippen LogP contribution is 2.31. The van der Waals surface area contributed by atoms with E-state index in [4.69, 9.17) is 0 Å². The molecule has 0 aromatic heterocycles. The molecular weight excluding hydrogens is 246 g/mol. The maximum absolute atomic E-state index is 12.2. The summed E-state index contributed by atoms with van der Waals surface area (Å²) in [4.78, 5) is 11.3. The van der Waals surface area contributed by atoms with Gasteiger partial charge in [-0.2, -0.15) is 8.78 Å². The van der Waals surface area contributed by atoms with Crippen LogP contribution in [0, 0.1) is 5.92 Å². The zero-order chi connectivity index (χ0) is 13.7. The molecular formula is C12H14F2O4. The molecule has 0 saturated heterocycles. The van der Waals surface area contributed by atoms with E-state index in [9.17, 15) is 18.7 Å². The molecule has 100 valence electrons. The molecule has 1 aromatic carbocycles. The van der Waals surface area contributed by atoms with Crippen molar-refractivity contribution in [1.29, 1.82) is 0 Å². The van der Waals surface area contributed by atoms with Gasteiger partial charge >= 0.3 is 12.6 Å². The molecule has 0 heterocycles. The Morgan fingerprint density at radius 2 is 1.94 bits per heavy atom. The van der Waals surface area contributed by atoms with Crippen molar-refractivity contribution in [3.05, 3.63) is 29.8 Å². The maximum Gasteiger partial charge on any atom is 0.387 e. The molecule has 6 heteroatoms. The number of carbonyl (C=O) groups is 1. The van der Waals surface area contributed by atoms with Crippen molar-refractivity contribution >= 4 is 5.97 Å². The molecule has 0 radical (unpaired) electrons. The predicted octanol–water partition coefficient (Wildman–Crippen LogP) is 2.13. The van der Waals surface area contributed by atoms with Crippen LogP contribution in [-0.4, -0.2) is 24.8 Å². The number of halogens is 2. The van der Waals surface area contributed by atoms with E-state index in [0.717, 1.165) is 0 Å². The first-order valence-corrected chi connectivity index (χ1v) is 5.27. The van der Waals surface area contributed by atoms with Crippen LogP contribution in [0.2, 0.25) is 0 Å². The van der Waals surface area contributed by atoms with Gasteiger partial charge in [-0.05, 0) is 13.0 Å². The van der Waals surface area contributed by atoms with Crippen LogP contribution in [0.3, 0.4) is 0 Å². The summed E-state index contributed by atoms with van der Waals surface area (Å²) in [6.07, 6.45) is -1.27. The van der Waals surface area contributed by atoms with Gasteiger partial charge in [0.25, 0.3) is 0 Å². The summed E-state index contributed by atoms with van der Waals surface area (Å²) >= 11 is 0. The first kappa shape index (κ1) is 14.4. The van der Waals surface area contributed by atoms with Gasteiger partial charge in [-0.15, -0.1) is 0 Å². The molecule has 4 nitrogen and oxygen atoms in total. The van der Waals surface area contributed by atoms with Crippen molar-refractivity contribution in [3.63, 3.8) is 0 Å². The highest BCUT2D eigenvalue weighted by molar-refractivity contribution is 5.73. The van der Waals surface area contributed by atoms with Gasteiger partial charge in [0, 0.05) is 5.56 Å². The smallest absolute Gasteiger partial charge is 0.387 e. The van der Waals surface area contributed by atoms with Crippen molar-refractivity contribution in [2.75, 3.05) is 7.11 Å². The number of rotatable bonds is 5. The number of ether oxygens (including phenoxy) is 2. The zero-order valence-electron chi connectivity index (χ0n) is 9.97. The summed E-state index contributed by atoms with van der Waals surface area (Å²) in [5.74, 6) is -1.66. The standard InChI is InChI=1S/C12H14F2O4/c1-7(11(16)17-2)10(15)8-5-3-4-6-9(8)18-12(13)14/h3-7,10,12,15H,1-2H3. The number of methoxy groups -OCH3 is 1. The molecule has 0 aliphatic rings. The number of para-hydroxylation sites is 1. The Morgan fingerprint density at radius 3 is 2.50 bits per heavy atom. The molecule has 1 aromatic rings. The van der Waals surface area contributed by atoms with E-state index >= 15 is 0 Å². The number of esters is 1. The lowest BCUT2D eigenvalue weighted by Crippen LogP contribution is -2.21. The van der Waals surface area contributed by atoms with Crippen LogP contribution in [0.15, 0.2) is 24.3 Å². The van der Waals surface area contributed by atoms with E-state index in [-0.39, 0.29) is 11.3 Å². The zero-order valence-corrected chi connectivity index (χ0v) is 9.97. The quantitative estimate of drug-likeness (QED) is 0.824. The minimum absolute atomic E-state index is 0.121. The van der Waals surface area contributed by atoms with Crippen LogP contribution < -0.4 is 4.74 Å². The van der Waals surface area contributed by atoms with Crippen LogP contribution in [0.25, 0.3) is 0 Å². The summed E-state index contributed by atoms with van der Waals surface area (Å²) in [6, 6.07) is 5.77. The molecule has 0 saturated carbocycles. The fourth-order valence-electron chi connectivity index (χ4n) is 1.51. The molecule has 18 heavy (non-hydrogen) atoms. The Balaban J connectivity index is 2.97. The summed E-state index contributed by atoms with van der Waals surface area (Å²) in [5.41, 5.74) is 0.121. The van der Waals surface area contributed by atoms with Gasteiger partial charge in [0.15, 0.2) is 0 Å². The Morgan fingerprint density at radius 1 is 1.33 bits per heavy atom. The highest BCUT2D eigenvalue weighted by Gasteiger charge is 2.27. The number of hydrogen-bond acceptors (Lipinski definition) is 4. The summed E-state index contributed by atoms with van der Waals surface area (Å²) < 4.78 is 33.2. The Labute approximate surface area is 103 Å². The normalized spacial score (nSPS) is 14.1. The van der Waals surface area contributed by atoms with Gasteiger partial charge < -0.3 is 14.6 Å². The third-order valence-electron chi connectivity index (χ3n) is 2.50. The minimum atomic E-state index is -2.99. The third kappa shape index (κ3) is 3.40. The first-order chi connectivity index (χ1) is 8.47. The van der Waals surface area contributed by atoms with Crippen LogP contribution in [0.5, 0.6) is 5.75 Å². The average molecular weight is 260 g/mol. The lowest BCUT2D eigenvalue weighted by molar-refractivity contribution is -0.148. The fourth-order valence-corrected chi connectivity index (χ4v) is 1.51. The second kappa shape index (κ2) is 6.30. The molecule has 2 atom stereocenters. The number of alkyl halides is 2. The van der Waals surface area contributed by atoms with Crippen molar-refractivity contribution in [1.82, 2.24) is 0 Å². The number of benzene rings is 1. The molecule has 0 aliphatic heterocycles. The van der Waals surface area contributed by atoms with E-state index in [1.165, 1.54) is 32.2 Å². The molecule has 1 rings (SSSR count). The second-order valence-electron chi connectivity index (χ2n) is 3.67. The van der Waals surface area contributed by atoms with E-state index in [1.807, 2.05) is 0 Å². The highest BCUT2D eigenvalue weighted by atomic mass is 19.3. The second-order valence-corrected chi connectivity index (χ2v) is 3.67. The molecule has 2 unspecified atom stereocenters. The maximum atomic E-state index is 12.2. The molecule has 0 fully saturated rings. The summed E-state index contributed by atoms with van der Waals surface area (Å²) in [6.45, 7) is -1.55. The van der Waals surface area contributed by atoms with Crippen molar-refractivity contribution in [2.24, 2.45) is 5.92 Å². The topological polar surface area (TPSA) is 55.8 Å². The Bertz CT molecular complexity index is 409. The van der Waals surface area contributed by atoms with Crippen LogP contribution >= 0.6 is 0 Å². The number of carbonyl (C=O) groups excluding carboxylic acids is 1. The fraction of sp³-hybridized carbons (Fsp3) is 0.417. The summed E-state index contributed by atoms with van der Waals surface area (Å²) in [5, 5.41) is 9.96. The van der Waals surface area contributed by atoms with E-state index in [1.54, 1.807) is 6.07 Å². The number of aliphatic hydroxyl groups is 1. The van der Waals surface area contributed by atoms with Gasteiger partial charge in [-0.3, -0.25) is 4.79 Å². The van der Waals surface area contributed by atoms with Gasteiger partial charge in [-0.1, -0.05) is 18.2 Å². The molecule has 0 bridgehead atoms. The van der Waals surface area contributed by atoms with Crippen LogP contribution in [-0.2, 0) is 9.53 Å². The van der Waals surface area contributed by atoms with Gasteiger partial charge in [0.2, 0.25) is 0 Å².